The SMILES string of the molecule is COC1=CCC(CNc2ccc(Cc3c[nH]c4ncccc34)cn2)C=C1. The van der Waals surface area contributed by atoms with Gasteiger partial charge in [0.05, 0.1) is 7.11 Å². The van der Waals surface area contributed by atoms with E-state index in [1.165, 1.54) is 16.5 Å². The molecule has 0 amide bonds. The van der Waals surface area contributed by atoms with E-state index in [1.54, 1.807) is 13.3 Å². The van der Waals surface area contributed by atoms with Crippen LogP contribution in [0.4, 0.5) is 5.82 Å². The summed E-state index contributed by atoms with van der Waals surface area (Å²) < 4.78 is 5.22. The molecule has 5 heteroatoms. The van der Waals surface area contributed by atoms with Crippen LogP contribution in [0, 0.1) is 5.92 Å². The maximum Gasteiger partial charge on any atom is 0.137 e. The lowest BCUT2D eigenvalue weighted by atomic mass is 10.00. The number of H-pyrrole nitrogens is 1. The van der Waals surface area contributed by atoms with Gasteiger partial charge in [-0.1, -0.05) is 12.1 Å². The predicted octanol–water partition coefficient (Wildman–Crippen LogP) is 4.07. The van der Waals surface area contributed by atoms with Gasteiger partial charge in [-0.2, -0.15) is 0 Å². The molecule has 0 spiro atoms. The summed E-state index contributed by atoms with van der Waals surface area (Å²) in [7, 11) is 1.70. The van der Waals surface area contributed by atoms with Crippen molar-refractivity contribution < 1.29 is 4.74 Å². The Bertz CT molecular complexity index is 940. The number of hydrogen-bond acceptors (Lipinski definition) is 4. The number of nitrogens with zero attached hydrogens (tertiary/aromatic N) is 2. The lowest BCUT2D eigenvalue weighted by Crippen LogP contribution is -2.14. The molecule has 1 unspecified atom stereocenters. The molecule has 0 aliphatic heterocycles. The number of pyridine rings is 2. The zero-order chi connectivity index (χ0) is 17.8. The van der Waals surface area contributed by atoms with Crippen molar-refractivity contribution in [2.24, 2.45) is 5.92 Å². The van der Waals surface area contributed by atoms with E-state index in [4.69, 9.17) is 4.74 Å². The lowest BCUT2D eigenvalue weighted by Gasteiger charge is -2.16. The number of anilines is 1. The maximum atomic E-state index is 5.22. The summed E-state index contributed by atoms with van der Waals surface area (Å²) in [5.41, 5.74) is 3.36. The molecule has 2 N–H and O–H groups in total. The Labute approximate surface area is 152 Å². The number of rotatable bonds is 6. The van der Waals surface area contributed by atoms with Crippen LogP contribution < -0.4 is 5.32 Å². The second kappa shape index (κ2) is 7.44. The van der Waals surface area contributed by atoms with Crippen LogP contribution in [0.15, 0.2) is 66.8 Å². The third-order valence-electron chi connectivity index (χ3n) is 4.69. The second-order valence-electron chi connectivity index (χ2n) is 6.49. The number of aromatic nitrogens is 3. The average molecular weight is 346 g/mol. The van der Waals surface area contributed by atoms with Crippen molar-refractivity contribution in [1.29, 1.82) is 0 Å². The smallest absolute Gasteiger partial charge is 0.137 e. The Morgan fingerprint density at radius 1 is 1.27 bits per heavy atom. The van der Waals surface area contributed by atoms with Crippen molar-refractivity contribution in [2.75, 3.05) is 19.0 Å². The molecule has 0 saturated heterocycles. The summed E-state index contributed by atoms with van der Waals surface area (Å²) in [4.78, 5) is 12.1. The molecule has 1 atom stereocenters. The van der Waals surface area contributed by atoms with Gasteiger partial charge >= 0.3 is 0 Å². The van der Waals surface area contributed by atoms with Gasteiger partial charge in [0.1, 0.15) is 17.2 Å². The maximum absolute atomic E-state index is 5.22. The van der Waals surface area contributed by atoms with Crippen LogP contribution in [0.3, 0.4) is 0 Å². The van der Waals surface area contributed by atoms with Crippen LogP contribution in [0.5, 0.6) is 0 Å². The van der Waals surface area contributed by atoms with Crippen molar-refractivity contribution in [2.45, 2.75) is 12.8 Å². The molecule has 0 saturated carbocycles. The first-order chi connectivity index (χ1) is 12.8. The van der Waals surface area contributed by atoms with Crippen LogP contribution in [0.25, 0.3) is 11.0 Å². The van der Waals surface area contributed by atoms with Gasteiger partial charge < -0.3 is 15.0 Å². The molecule has 3 aromatic rings. The molecule has 0 fully saturated rings. The van der Waals surface area contributed by atoms with Gasteiger partial charge in [-0.25, -0.2) is 9.97 Å². The molecule has 1 aliphatic rings. The van der Waals surface area contributed by atoms with Gasteiger partial charge in [0.15, 0.2) is 0 Å². The van der Waals surface area contributed by atoms with Gasteiger partial charge in [-0.15, -0.1) is 0 Å². The molecule has 132 valence electrons. The molecule has 5 nitrogen and oxygen atoms in total. The third kappa shape index (κ3) is 3.61. The van der Waals surface area contributed by atoms with Crippen molar-refractivity contribution in [1.82, 2.24) is 15.0 Å². The number of aromatic amines is 1. The van der Waals surface area contributed by atoms with E-state index in [0.29, 0.717) is 5.92 Å². The predicted molar refractivity (Wildman–Crippen MR) is 104 cm³/mol. The number of ether oxygens (including phenoxy) is 1. The first-order valence-electron chi connectivity index (χ1n) is 8.84. The van der Waals surface area contributed by atoms with E-state index < -0.39 is 0 Å². The van der Waals surface area contributed by atoms with Crippen molar-refractivity contribution >= 4 is 16.9 Å². The minimum Gasteiger partial charge on any atom is -0.497 e. The zero-order valence-electron chi connectivity index (χ0n) is 14.8. The highest BCUT2D eigenvalue weighted by Crippen LogP contribution is 2.20. The molecule has 3 aromatic heterocycles. The average Bonchev–Trinajstić information content (AvgIpc) is 3.11. The van der Waals surface area contributed by atoms with Crippen molar-refractivity contribution in [3.8, 4) is 0 Å². The van der Waals surface area contributed by atoms with E-state index in [0.717, 1.165) is 36.6 Å². The van der Waals surface area contributed by atoms with Crippen molar-refractivity contribution in [3.05, 3.63) is 78.0 Å². The highest BCUT2D eigenvalue weighted by atomic mass is 16.5. The monoisotopic (exact) mass is 346 g/mol. The fraction of sp³-hybridized carbons (Fsp3) is 0.238. The Hall–Kier alpha value is -3.08. The quantitative estimate of drug-likeness (QED) is 0.706. The summed E-state index contributed by atoms with van der Waals surface area (Å²) in [6, 6.07) is 8.24. The normalized spacial score (nSPS) is 16.5. The van der Waals surface area contributed by atoms with Gasteiger partial charge in [0, 0.05) is 36.9 Å². The first-order valence-corrected chi connectivity index (χ1v) is 8.84. The summed E-state index contributed by atoms with van der Waals surface area (Å²) in [5.74, 6) is 2.31. The highest BCUT2D eigenvalue weighted by Gasteiger charge is 2.09. The standard InChI is InChI=1S/C21H22N4O/c1-26-18-7-4-15(5-8-18)12-23-20-9-6-16(13-24-20)11-17-14-25-21-19(17)3-2-10-22-21/h2-4,6-10,13-15H,5,11-12H2,1H3,(H,22,25)(H,23,24). The molecule has 3 heterocycles. The molecule has 0 aromatic carbocycles. The summed E-state index contributed by atoms with van der Waals surface area (Å²) in [5, 5.41) is 4.58. The Morgan fingerprint density at radius 3 is 3.00 bits per heavy atom. The first kappa shape index (κ1) is 16.4. The lowest BCUT2D eigenvalue weighted by molar-refractivity contribution is 0.301. The fourth-order valence-electron chi connectivity index (χ4n) is 3.20. The second-order valence-corrected chi connectivity index (χ2v) is 6.49. The van der Waals surface area contributed by atoms with E-state index in [-0.39, 0.29) is 0 Å². The van der Waals surface area contributed by atoms with Crippen LogP contribution in [0.1, 0.15) is 17.5 Å². The minimum atomic E-state index is 0.467. The van der Waals surface area contributed by atoms with Gasteiger partial charge in [-0.3, -0.25) is 0 Å². The Kier molecular flexibility index (Phi) is 4.69. The minimum absolute atomic E-state index is 0.467. The number of methoxy groups -OCH3 is 1. The van der Waals surface area contributed by atoms with Crippen LogP contribution in [-0.2, 0) is 11.2 Å². The number of allylic oxidation sites excluding steroid dienone is 2. The van der Waals surface area contributed by atoms with Gasteiger partial charge in [0.2, 0.25) is 0 Å². The molecule has 26 heavy (non-hydrogen) atoms. The topological polar surface area (TPSA) is 62.8 Å². The van der Waals surface area contributed by atoms with Gasteiger partial charge in [0.25, 0.3) is 0 Å². The highest BCUT2D eigenvalue weighted by molar-refractivity contribution is 5.79. The molecule has 0 radical (unpaired) electrons. The molecular weight excluding hydrogens is 324 g/mol. The third-order valence-corrected chi connectivity index (χ3v) is 4.69. The van der Waals surface area contributed by atoms with Crippen molar-refractivity contribution in [3.63, 3.8) is 0 Å². The van der Waals surface area contributed by atoms with Gasteiger partial charge in [-0.05, 0) is 53.8 Å². The van der Waals surface area contributed by atoms with Crippen LogP contribution in [-0.4, -0.2) is 28.6 Å². The molecule has 4 rings (SSSR count). The Morgan fingerprint density at radius 2 is 2.23 bits per heavy atom. The van der Waals surface area contributed by atoms with E-state index in [2.05, 4.69) is 44.6 Å². The van der Waals surface area contributed by atoms with Crippen LogP contribution >= 0.6 is 0 Å². The largest absolute Gasteiger partial charge is 0.497 e. The fourth-order valence-corrected chi connectivity index (χ4v) is 3.20. The number of fused-ring (bicyclic) bond motifs is 1. The summed E-state index contributed by atoms with van der Waals surface area (Å²) in [6.07, 6.45) is 13.9. The molecule has 0 bridgehead atoms. The van der Waals surface area contributed by atoms with Crippen LogP contribution in [0.2, 0.25) is 0 Å². The Balaban J connectivity index is 1.35. The number of nitrogens with one attached hydrogen (secondary N) is 2. The zero-order valence-corrected chi connectivity index (χ0v) is 14.8. The summed E-state index contributed by atoms with van der Waals surface area (Å²) >= 11 is 0. The number of hydrogen-bond donors (Lipinski definition) is 2. The van der Waals surface area contributed by atoms with E-state index in [9.17, 15) is 0 Å². The molecular formula is C21H22N4O. The summed E-state index contributed by atoms with van der Waals surface area (Å²) in [6.45, 7) is 0.866. The van der Waals surface area contributed by atoms with E-state index in [1.807, 2.05) is 30.6 Å². The van der Waals surface area contributed by atoms with E-state index >= 15 is 0 Å². The molecule has 1 aliphatic carbocycles.